The van der Waals surface area contributed by atoms with Crippen molar-refractivity contribution in [1.82, 2.24) is 0 Å². The van der Waals surface area contributed by atoms with Gasteiger partial charge in [0, 0.05) is 10.7 Å². The molecule has 9 rings (SSSR count). The number of unbranched alkanes of at least 4 members (excludes halogenated alkanes) is 3. The van der Waals surface area contributed by atoms with Gasteiger partial charge in [-0.05, 0) is 134 Å². The van der Waals surface area contributed by atoms with Crippen LogP contribution in [0.4, 0.5) is 0 Å². The maximum absolute atomic E-state index is 13.6. The predicted octanol–water partition coefficient (Wildman–Crippen LogP) is 18.1. The van der Waals surface area contributed by atoms with Gasteiger partial charge in [0.1, 0.15) is 5.78 Å². The number of hydrogen-bond donors (Lipinski definition) is 0. The SMILES string of the molecule is CC(=O)C1(CCCCCCBr)CC=CC(c2ccc(-c3ccccc3)c(-c3ccccc3)c2-c2ccc(-c3c(-c4ccccc4)ccc(-c4ccccc4)c3C3=CCCC=C3)cc2)=CC1. The minimum absolute atomic E-state index is 0.297. The van der Waals surface area contributed by atoms with Gasteiger partial charge in [-0.25, -0.2) is 0 Å². The summed E-state index contributed by atoms with van der Waals surface area (Å²) in [5.41, 5.74) is 18.9. The summed E-state index contributed by atoms with van der Waals surface area (Å²) in [6.07, 6.45) is 23.1. The van der Waals surface area contributed by atoms with Gasteiger partial charge >= 0.3 is 0 Å². The van der Waals surface area contributed by atoms with Crippen LogP contribution in [0.5, 0.6) is 0 Å². The summed E-state index contributed by atoms with van der Waals surface area (Å²) in [6, 6.07) is 62.1. The number of benzene rings is 7. The van der Waals surface area contributed by atoms with E-state index in [4.69, 9.17) is 0 Å². The Morgan fingerprint density at radius 2 is 0.877 bits per heavy atom. The van der Waals surface area contributed by atoms with E-state index in [1.807, 2.05) is 6.92 Å². The van der Waals surface area contributed by atoms with E-state index in [2.05, 4.69) is 222 Å². The van der Waals surface area contributed by atoms with E-state index in [0.717, 1.165) is 55.8 Å². The van der Waals surface area contributed by atoms with Gasteiger partial charge in [-0.15, -0.1) is 0 Å². The minimum Gasteiger partial charge on any atom is -0.299 e. The van der Waals surface area contributed by atoms with Crippen LogP contribution in [0.3, 0.4) is 0 Å². The van der Waals surface area contributed by atoms with Crippen molar-refractivity contribution in [3.8, 4) is 66.8 Å². The third kappa shape index (κ3) is 9.56. The largest absolute Gasteiger partial charge is 0.299 e. The first kappa shape index (κ1) is 43.9. The molecule has 0 radical (unpaired) electrons. The Bertz CT molecular complexity index is 2870. The molecule has 322 valence electrons. The Balaban J connectivity index is 1.25. The van der Waals surface area contributed by atoms with Crippen molar-refractivity contribution >= 4 is 32.9 Å². The van der Waals surface area contributed by atoms with Gasteiger partial charge in [0.05, 0.1) is 0 Å². The molecule has 2 heteroatoms. The molecule has 2 aliphatic carbocycles. The van der Waals surface area contributed by atoms with Crippen LogP contribution in [0.2, 0.25) is 0 Å². The minimum atomic E-state index is -0.383. The van der Waals surface area contributed by atoms with Crippen molar-refractivity contribution in [2.24, 2.45) is 5.41 Å². The predicted molar refractivity (Wildman–Crippen MR) is 282 cm³/mol. The molecule has 65 heavy (non-hydrogen) atoms. The summed E-state index contributed by atoms with van der Waals surface area (Å²) in [4.78, 5) is 13.6. The lowest BCUT2D eigenvalue weighted by Gasteiger charge is -2.29. The van der Waals surface area contributed by atoms with Crippen molar-refractivity contribution in [1.29, 1.82) is 0 Å². The number of alkyl halides is 1. The van der Waals surface area contributed by atoms with E-state index in [9.17, 15) is 4.79 Å². The lowest BCUT2D eigenvalue weighted by Crippen LogP contribution is -2.28. The second-order valence-corrected chi connectivity index (χ2v) is 18.5. The Labute approximate surface area is 395 Å². The van der Waals surface area contributed by atoms with Gasteiger partial charge in [0.25, 0.3) is 0 Å². The van der Waals surface area contributed by atoms with E-state index in [1.165, 1.54) is 96.3 Å². The Morgan fingerprint density at radius 3 is 1.38 bits per heavy atom. The molecule has 0 aromatic heterocycles. The Morgan fingerprint density at radius 1 is 0.431 bits per heavy atom. The summed E-state index contributed by atoms with van der Waals surface area (Å²) in [7, 11) is 0. The van der Waals surface area contributed by atoms with E-state index >= 15 is 0 Å². The smallest absolute Gasteiger partial charge is 0.136 e. The third-order valence-corrected chi connectivity index (χ3v) is 14.1. The molecule has 0 amide bonds. The van der Waals surface area contributed by atoms with Gasteiger partial charge in [0.15, 0.2) is 0 Å². The first-order valence-electron chi connectivity index (χ1n) is 23.5. The monoisotopic (exact) mass is 908 g/mol. The molecule has 0 heterocycles. The van der Waals surface area contributed by atoms with Crippen molar-refractivity contribution in [2.75, 3.05) is 5.33 Å². The number of carbonyl (C=O) groups excluding carboxylic acids is 1. The van der Waals surface area contributed by atoms with Crippen LogP contribution in [0, 0.1) is 5.41 Å². The highest BCUT2D eigenvalue weighted by Crippen LogP contribution is 2.49. The lowest BCUT2D eigenvalue weighted by molar-refractivity contribution is -0.126. The average Bonchev–Trinajstić information content (AvgIpc) is 3.60. The highest BCUT2D eigenvalue weighted by Gasteiger charge is 2.34. The molecule has 0 spiro atoms. The van der Waals surface area contributed by atoms with Crippen LogP contribution in [0.25, 0.3) is 77.9 Å². The highest BCUT2D eigenvalue weighted by atomic mass is 79.9. The number of halogens is 1. The molecule has 0 N–H and O–H groups in total. The molecule has 2 aliphatic rings. The van der Waals surface area contributed by atoms with E-state index < -0.39 is 0 Å². The number of rotatable bonds is 15. The maximum atomic E-state index is 13.6. The fraction of sp³-hybridized carbons (Fsp3) is 0.190. The molecule has 7 aromatic rings. The Kier molecular flexibility index (Phi) is 13.9. The molecule has 0 saturated heterocycles. The molecular formula is C63H57BrO. The van der Waals surface area contributed by atoms with Gasteiger partial charge in [-0.1, -0.05) is 242 Å². The molecule has 0 fully saturated rings. The lowest BCUT2D eigenvalue weighted by atomic mass is 9.74. The summed E-state index contributed by atoms with van der Waals surface area (Å²) in [5, 5.41) is 1.03. The first-order valence-corrected chi connectivity index (χ1v) is 24.6. The number of carbonyl (C=O) groups is 1. The Hall–Kier alpha value is -6.35. The number of Topliss-reactive ketones (excluding diaryl/α,β-unsaturated/α-hetero) is 1. The first-order chi connectivity index (χ1) is 32.0. The van der Waals surface area contributed by atoms with Crippen LogP contribution in [0.1, 0.15) is 75.8 Å². The van der Waals surface area contributed by atoms with E-state index in [0.29, 0.717) is 5.78 Å². The zero-order valence-corrected chi connectivity index (χ0v) is 39.1. The standard InChI is InChI=1S/C63H57BrO/c1-46(65)63(42-19-2-3-20-45-64)43-21-32-50(41-44-63)58-40-39-56(48-24-11-5-12-25-48)60(52-30-17-8-18-31-52)62(58)54-35-33-53(34-36-54)61-57(49-26-13-6-14-27-49)38-37-55(47-22-9-4-10-23-47)59(61)51-28-15-7-16-29-51/h4-6,8-15,17-18,21-41H,2-3,7,16,19-20,42-45H2,1H3. The summed E-state index contributed by atoms with van der Waals surface area (Å²) in [6.45, 7) is 1.81. The molecule has 0 aliphatic heterocycles. The van der Waals surface area contributed by atoms with Gasteiger partial charge in [-0.2, -0.15) is 0 Å². The molecule has 0 bridgehead atoms. The fourth-order valence-electron chi connectivity index (χ4n) is 10.1. The molecule has 0 saturated carbocycles. The van der Waals surface area contributed by atoms with E-state index in [-0.39, 0.29) is 5.41 Å². The number of hydrogen-bond acceptors (Lipinski definition) is 1. The van der Waals surface area contributed by atoms with Crippen molar-refractivity contribution in [3.05, 3.63) is 217 Å². The zero-order chi connectivity index (χ0) is 44.4. The van der Waals surface area contributed by atoms with Crippen LogP contribution in [-0.2, 0) is 4.79 Å². The van der Waals surface area contributed by atoms with Crippen LogP contribution >= 0.6 is 15.9 Å². The summed E-state index contributed by atoms with van der Waals surface area (Å²) < 4.78 is 0. The van der Waals surface area contributed by atoms with Crippen LogP contribution in [0.15, 0.2) is 206 Å². The molecule has 1 atom stereocenters. The molecule has 1 nitrogen and oxygen atoms in total. The van der Waals surface area contributed by atoms with Crippen molar-refractivity contribution in [2.45, 2.75) is 64.7 Å². The number of allylic oxidation sites excluding steroid dienone is 8. The molecule has 7 aromatic carbocycles. The van der Waals surface area contributed by atoms with Crippen molar-refractivity contribution in [3.63, 3.8) is 0 Å². The summed E-state index contributed by atoms with van der Waals surface area (Å²) >= 11 is 3.59. The average molecular weight is 910 g/mol. The molecular weight excluding hydrogens is 853 g/mol. The summed E-state index contributed by atoms with van der Waals surface area (Å²) in [5.74, 6) is 0.297. The quantitative estimate of drug-likeness (QED) is 0.0740. The highest BCUT2D eigenvalue weighted by molar-refractivity contribution is 9.09. The van der Waals surface area contributed by atoms with Gasteiger partial charge < -0.3 is 0 Å². The van der Waals surface area contributed by atoms with Crippen LogP contribution < -0.4 is 0 Å². The normalized spacial score (nSPS) is 15.8. The van der Waals surface area contributed by atoms with Gasteiger partial charge in [-0.3, -0.25) is 4.79 Å². The fourth-order valence-corrected chi connectivity index (χ4v) is 10.5. The second-order valence-electron chi connectivity index (χ2n) is 17.7. The van der Waals surface area contributed by atoms with E-state index in [1.54, 1.807) is 0 Å². The molecule has 1 unspecified atom stereocenters. The number of ketones is 1. The van der Waals surface area contributed by atoms with Crippen molar-refractivity contribution < 1.29 is 4.79 Å². The maximum Gasteiger partial charge on any atom is 0.136 e. The third-order valence-electron chi connectivity index (χ3n) is 13.6. The zero-order valence-electron chi connectivity index (χ0n) is 37.5. The van der Waals surface area contributed by atoms with Crippen LogP contribution in [-0.4, -0.2) is 11.1 Å². The topological polar surface area (TPSA) is 17.1 Å². The van der Waals surface area contributed by atoms with Gasteiger partial charge in [0.2, 0.25) is 0 Å². The second kappa shape index (κ2) is 20.7.